The van der Waals surface area contributed by atoms with Gasteiger partial charge in [-0.05, 0) is 17.7 Å². The lowest BCUT2D eigenvalue weighted by Gasteiger charge is -2.18. The van der Waals surface area contributed by atoms with Gasteiger partial charge in [0.1, 0.15) is 23.9 Å². The number of aromatic nitrogens is 2. The normalized spacial score (nSPS) is 10.0. The highest BCUT2D eigenvalue weighted by molar-refractivity contribution is 5.41. The summed E-state index contributed by atoms with van der Waals surface area (Å²) < 4.78 is 25.9. The van der Waals surface area contributed by atoms with E-state index in [1.165, 1.54) is 18.5 Å². The number of hydrogen-bond donors (Lipinski definition) is 0. The number of nitriles is 1. The molecule has 0 amide bonds. The molecule has 0 unspecified atom stereocenters. The van der Waals surface area contributed by atoms with E-state index in [4.69, 9.17) is 5.26 Å². The first-order valence-corrected chi connectivity index (χ1v) is 5.47. The van der Waals surface area contributed by atoms with Crippen molar-refractivity contribution in [1.29, 1.82) is 5.26 Å². The van der Waals surface area contributed by atoms with E-state index in [9.17, 15) is 8.78 Å². The Hall–Kier alpha value is -2.55. The van der Waals surface area contributed by atoms with Crippen molar-refractivity contribution in [3.05, 3.63) is 53.5 Å². The molecule has 4 nitrogen and oxygen atoms in total. The monoisotopic (exact) mass is 260 g/mol. The van der Waals surface area contributed by atoms with Crippen LogP contribution in [0.5, 0.6) is 0 Å². The molecule has 0 N–H and O–H groups in total. The van der Waals surface area contributed by atoms with Crippen molar-refractivity contribution in [3.8, 4) is 6.07 Å². The zero-order valence-corrected chi connectivity index (χ0v) is 10.1. The van der Waals surface area contributed by atoms with Crippen molar-refractivity contribution < 1.29 is 8.78 Å². The topological polar surface area (TPSA) is 52.8 Å². The molecule has 0 aliphatic carbocycles. The summed E-state index contributed by atoms with van der Waals surface area (Å²) in [6.07, 6.45) is 1.29. The van der Waals surface area contributed by atoms with E-state index in [-0.39, 0.29) is 5.69 Å². The molecule has 1 heterocycles. The molecule has 0 bridgehead atoms. The van der Waals surface area contributed by atoms with Crippen molar-refractivity contribution in [2.45, 2.75) is 6.54 Å². The van der Waals surface area contributed by atoms with Crippen LogP contribution in [-0.2, 0) is 6.54 Å². The molecule has 2 aromatic rings. The predicted molar refractivity (Wildman–Crippen MR) is 65.2 cm³/mol. The van der Waals surface area contributed by atoms with E-state index >= 15 is 0 Å². The van der Waals surface area contributed by atoms with Crippen LogP contribution in [0.3, 0.4) is 0 Å². The highest BCUT2D eigenvalue weighted by Gasteiger charge is 2.07. The number of hydrogen-bond acceptors (Lipinski definition) is 4. The second kappa shape index (κ2) is 5.40. The molecule has 6 heteroatoms. The fourth-order valence-corrected chi connectivity index (χ4v) is 1.61. The molecular weight excluding hydrogens is 250 g/mol. The minimum atomic E-state index is -0.883. The van der Waals surface area contributed by atoms with E-state index in [0.717, 1.165) is 12.1 Å². The van der Waals surface area contributed by atoms with Crippen molar-refractivity contribution in [3.63, 3.8) is 0 Å². The molecule has 0 fully saturated rings. The Morgan fingerprint density at radius 1 is 1.21 bits per heavy atom. The van der Waals surface area contributed by atoms with Crippen LogP contribution in [0.2, 0.25) is 0 Å². The van der Waals surface area contributed by atoms with Crippen molar-refractivity contribution in [2.24, 2.45) is 0 Å². The van der Waals surface area contributed by atoms with Gasteiger partial charge in [0.25, 0.3) is 0 Å². The third kappa shape index (κ3) is 3.01. The molecule has 0 aliphatic rings. The van der Waals surface area contributed by atoms with Gasteiger partial charge in [0, 0.05) is 19.7 Å². The standard InChI is InChI=1S/C13H10F2N4/c1-19(13-5-10(6-16)17-8-18-13)7-9-2-3-11(14)12(15)4-9/h2-5,8H,7H2,1H3. The third-order valence-corrected chi connectivity index (χ3v) is 2.56. The number of halogens is 2. The second-order valence-corrected chi connectivity index (χ2v) is 3.98. The van der Waals surface area contributed by atoms with Gasteiger partial charge in [0.2, 0.25) is 0 Å². The maximum absolute atomic E-state index is 13.1. The number of benzene rings is 1. The summed E-state index contributed by atoms with van der Waals surface area (Å²) in [5.74, 6) is -1.22. The molecule has 19 heavy (non-hydrogen) atoms. The highest BCUT2D eigenvalue weighted by Crippen LogP contribution is 2.14. The van der Waals surface area contributed by atoms with Crippen LogP contribution in [-0.4, -0.2) is 17.0 Å². The summed E-state index contributed by atoms with van der Waals surface area (Å²) >= 11 is 0. The maximum atomic E-state index is 13.1. The van der Waals surface area contributed by atoms with Crippen molar-refractivity contribution in [2.75, 3.05) is 11.9 Å². The first-order valence-electron chi connectivity index (χ1n) is 5.47. The Balaban J connectivity index is 2.18. The summed E-state index contributed by atoms with van der Waals surface area (Å²) in [6, 6.07) is 7.16. The molecule has 0 radical (unpaired) electrons. The third-order valence-electron chi connectivity index (χ3n) is 2.56. The van der Waals surface area contributed by atoms with Crippen LogP contribution in [0, 0.1) is 23.0 Å². The Labute approximate surface area is 109 Å². The van der Waals surface area contributed by atoms with Gasteiger partial charge in [-0.15, -0.1) is 0 Å². The lowest BCUT2D eigenvalue weighted by atomic mass is 10.2. The van der Waals surface area contributed by atoms with E-state index in [2.05, 4.69) is 9.97 Å². The molecule has 0 spiro atoms. The summed E-state index contributed by atoms with van der Waals surface area (Å²) in [5.41, 5.74) is 0.862. The molecule has 1 aromatic heterocycles. The highest BCUT2D eigenvalue weighted by atomic mass is 19.2. The van der Waals surface area contributed by atoms with Crippen LogP contribution in [0.25, 0.3) is 0 Å². The predicted octanol–water partition coefficient (Wildman–Crippen LogP) is 2.26. The molecule has 96 valence electrons. The molecular formula is C13H10F2N4. The van der Waals surface area contributed by atoms with Gasteiger partial charge < -0.3 is 4.90 Å². The fraction of sp³-hybridized carbons (Fsp3) is 0.154. The summed E-state index contributed by atoms with van der Waals surface area (Å²) in [4.78, 5) is 9.50. The van der Waals surface area contributed by atoms with Crippen LogP contribution in [0.1, 0.15) is 11.3 Å². The van der Waals surface area contributed by atoms with E-state index < -0.39 is 11.6 Å². The summed E-state index contributed by atoms with van der Waals surface area (Å²) in [6.45, 7) is 0.346. The number of rotatable bonds is 3. The van der Waals surface area contributed by atoms with Crippen LogP contribution >= 0.6 is 0 Å². The van der Waals surface area contributed by atoms with Crippen LogP contribution < -0.4 is 4.90 Å². The van der Waals surface area contributed by atoms with Gasteiger partial charge in [-0.1, -0.05) is 6.07 Å². The molecule has 0 saturated heterocycles. The number of anilines is 1. The SMILES string of the molecule is CN(Cc1ccc(F)c(F)c1)c1cc(C#N)ncn1. The average Bonchev–Trinajstić information content (AvgIpc) is 2.43. The minimum Gasteiger partial charge on any atom is -0.355 e. The first-order chi connectivity index (χ1) is 9.10. The first kappa shape index (κ1) is 12.9. The van der Waals surface area contributed by atoms with E-state index in [1.54, 1.807) is 11.9 Å². The largest absolute Gasteiger partial charge is 0.355 e. The number of nitrogens with zero attached hydrogens (tertiary/aromatic N) is 4. The quantitative estimate of drug-likeness (QED) is 0.849. The second-order valence-electron chi connectivity index (χ2n) is 3.98. The molecule has 0 atom stereocenters. The zero-order chi connectivity index (χ0) is 13.8. The summed E-state index contributed by atoms with van der Waals surface area (Å²) in [5, 5.41) is 8.75. The smallest absolute Gasteiger partial charge is 0.159 e. The Morgan fingerprint density at radius 2 is 2.00 bits per heavy atom. The lowest BCUT2D eigenvalue weighted by Crippen LogP contribution is -2.18. The Kier molecular flexibility index (Phi) is 3.66. The van der Waals surface area contributed by atoms with Gasteiger partial charge >= 0.3 is 0 Å². The van der Waals surface area contributed by atoms with Gasteiger partial charge in [-0.2, -0.15) is 5.26 Å². The van der Waals surface area contributed by atoms with Crippen LogP contribution in [0.4, 0.5) is 14.6 Å². The van der Waals surface area contributed by atoms with E-state index in [1.807, 2.05) is 6.07 Å². The van der Waals surface area contributed by atoms with Gasteiger partial charge in [0.05, 0.1) is 0 Å². The average molecular weight is 260 g/mol. The van der Waals surface area contributed by atoms with Gasteiger partial charge in [0.15, 0.2) is 11.6 Å². The van der Waals surface area contributed by atoms with Crippen molar-refractivity contribution in [1.82, 2.24) is 9.97 Å². The Morgan fingerprint density at radius 3 is 2.68 bits per heavy atom. The molecule has 0 saturated carbocycles. The molecule has 1 aromatic carbocycles. The molecule has 0 aliphatic heterocycles. The van der Waals surface area contributed by atoms with Gasteiger partial charge in [-0.25, -0.2) is 18.7 Å². The maximum Gasteiger partial charge on any atom is 0.159 e. The molecule has 2 rings (SSSR count). The van der Waals surface area contributed by atoms with Gasteiger partial charge in [-0.3, -0.25) is 0 Å². The summed E-state index contributed by atoms with van der Waals surface area (Å²) in [7, 11) is 1.74. The van der Waals surface area contributed by atoms with Crippen LogP contribution in [0.15, 0.2) is 30.6 Å². The lowest BCUT2D eigenvalue weighted by molar-refractivity contribution is 0.507. The van der Waals surface area contributed by atoms with E-state index in [0.29, 0.717) is 17.9 Å². The fourth-order valence-electron chi connectivity index (χ4n) is 1.61. The minimum absolute atomic E-state index is 0.252. The Bertz CT molecular complexity index is 637. The van der Waals surface area contributed by atoms with Crippen molar-refractivity contribution >= 4 is 5.82 Å². The zero-order valence-electron chi connectivity index (χ0n) is 10.1.